The van der Waals surface area contributed by atoms with Crippen molar-refractivity contribution < 1.29 is 17.9 Å². The second-order valence-corrected chi connectivity index (χ2v) is 6.51. The van der Waals surface area contributed by atoms with Crippen LogP contribution in [0.5, 0.6) is 5.88 Å². The molecule has 1 N–H and O–H groups in total. The van der Waals surface area contributed by atoms with Crippen molar-refractivity contribution in [3.05, 3.63) is 34.5 Å². The van der Waals surface area contributed by atoms with E-state index < -0.39 is 11.7 Å². The minimum atomic E-state index is -4.58. The molecule has 0 fully saturated rings. The maximum Gasteiger partial charge on any atom is 0.417 e. The van der Waals surface area contributed by atoms with Gasteiger partial charge in [0.1, 0.15) is 5.69 Å². The highest BCUT2D eigenvalue weighted by Crippen LogP contribution is 2.41. The van der Waals surface area contributed by atoms with E-state index in [1.54, 1.807) is 0 Å². The van der Waals surface area contributed by atoms with E-state index >= 15 is 0 Å². The first-order chi connectivity index (χ1) is 12.7. The molecule has 0 amide bonds. The fourth-order valence-corrected chi connectivity index (χ4v) is 2.95. The normalized spacial score (nSPS) is 11.7. The average Bonchev–Trinajstić information content (AvgIpc) is 2.64. The largest absolute Gasteiger partial charge is 0.479 e. The topological polar surface area (TPSA) is 47.0 Å². The molecule has 0 bridgehead atoms. The Morgan fingerprint density at radius 3 is 2.33 bits per heavy atom. The summed E-state index contributed by atoms with van der Waals surface area (Å²) in [5, 5.41) is 3.31. The predicted molar refractivity (Wildman–Crippen MR) is 101 cm³/mol. The SMILES string of the molecule is CCc1nc(-c2ccc(Cl)cc2C(F)(F)F)c(OC)nc1NC(CC)CC. The molecule has 2 aromatic rings. The molecule has 27 heavy (non-hydrogen) atoms. The summed E-state index contributed by atoms with van der Waals surface area (Å²) in [7, 11) is 1.36. The standard InChI is InChI=1S/C19H23ClF3N3O/c1-5-12(6-2)24-17-15(7-3)25-16(18(26-17)27-4)13-9-8-11(20)10-14(13)19(21,22)23/h8-10,12H,5-7H2,1-4H3,(H,24,26). The molecule has 1 aromatic carbocycles. The lowest BCUT2D eigenvalue weighted by molar-refractivity contribution is -0.137. The number of anilines is 1. The smallest absolute Gasteiger partial charge is 0.417 e. The number of hydrogen-bond acceptors (Lipinski definition) is 4. The van der Waals surface area contributed by atoms with Crippen LogP contribution < -0.4 is 10.1 Å². The summed E-state index contributed by atoms with van der Waals surface area (Å²) < 4.78 is 45.8. The number of alkyl halides is 3. The number of nitrogens with zero attached hydrogens (tertiary/aromatic N) is 2. The van der Waals surface area contributed by atoms with Gasteiger partial charge in [0.2, 0.25) is 5.88 Å². The molecule has 1 aromatic heterocycles. The summed E-state index contributed by atoms with van der Waals surface area (Å²) in [4.78, 5) is 8.89. The van der Waals surface area contributed by atoms with Crippen LogP contribution in [-0.2, 0) is 12.6 Å². The Morgan fingerprint density at radius 1 is 1.15 bits per heavy atom. The molecule has 0 unspecified atom stereocenters. The number of methoxy groups -OCH3 is 1. The fraction of sp³-hybridized carbons (Fsp3) is 0.474. The van der Waals surface area contributed by atoms with Crippen LogP contribution in [0.4, 0.5) is 19.0 Å². The maximum atomic E-state index is 13.5. The van der Waals surface area contributed by atoms with Crippen molar-refractivity contribution in [3.63, 3.8) is 0 Å². The van der Waals surface area contributed by atoms with Crippen molar-refractivity contribution in [2.24, 2.45) is 0 Å². The number of aryl methyl sites for hydroxylation is 1. The van der Waals surface area contributed by atoms with E-state index in [4.69, 9.17) is 16.3 Å². The van der Waals surface area contributed by atoms with Crippen LogP contribution in [0, 0.1) is 0 Å². The number of ether oxygens (including phenoxy) is 1. The van der Waals surface area contributed by atoms with E-state index in [1.165, 1.54) is 19.2 Å². The first kappa shape index (κ1) is 21.3. The van der Waals surface area contributed by atoms with Crippen molar-refractivity contribution in [1.29, 1.82) is 0 Å². The number of aromatic nitrogens is 2. The molecule has 0 aliphatic rings. The van der Waals surface area contributed by atoms with Crippen LogP contribution in [-0.4, -0.2) is 23.1 Å². The molecule has 0 radical (unpaired) electrons. The summed E-state index contributed by atoms with van der Waals surface area (Å²) in [6, 6.07) is 3.78. The molecule has 148 valence electrons. The summed E-state index contributed by atoms with van der Waals surface area (Å²) in [5.74, 6) is 0.572. The minimum Gasteiger partial charge on any atom is -0.479 e. The minimum absolute atomic E-state index is 0.000682. The Hall–Kier alpha value is -2.02. The molecule has 0 saturated carbocycles. The van der Waals surface area contributed by atoms with Gasteiger partial charge in [0.15, 0.2) is 5.82 Å². The number of benzene rings is 1. The van der Waals surface area contributed by atoms with E-state index in [-0.39, 0.29) is 28.2 Å². The molecule has 0 aliphatic heterocycles. The third-order valence-electron chi connectivity index (χ3n) is 4.33. The van der Waals surface area contributed by atoms with Crippen LogP contribution in [0.1, 0.15) is 44.9 Å². The first-order valence-electron chi connectivity index (χ1n) is 8.83. The Labute approximate surface area is 162 Å². The van der Waals surface area contributed by atoms with Crippen molar-refractivity contribution >= 4 is 17.4 Å². The zero-order chi connectivity index (χ0) is 20.2. The van der Waals surface area contributed by atoms with Gasteiger partial charge < -0.3 is 10.1 Å². The van der Waals surface area contributed by atoms with E-state index in [9.17, 15) is 13.2 Å². The van der Waals surface area contributed by atoms with E-state index in [2.05, 4.69) is 29.1 Å². The van der Waals surface area contributed by atoms with Gasteiger partial charge in [-0.2, -0.15) is 18.2 Å². The second-order valence-electron chi connectivity index (χ2n) is 6.08. The molecule has 4 nitrogen and oxygen atoms in total. The zero-order valence-electron chi connectivity index (χ0n) is 15.7. The summed E-state index contributed by atoms with van der Waals surface area (Å²) in [6.45, 7) is 5.98. The number of nitrogens with one attached hydrogen (secondary N) is 1. The number of halogens is 4. The van der Waals surface area contributed by atoms with Crippen molar-refractivity contribution in [3.8, 4) is 17.1 Å². The highest BCUT2D eigenvalue weighted by atomic mass is 35.5. The van der Waals surface area contributed by atoms with E-state index in [0.717, 1.165) is 18.9 Å². The lowest BCUT2D eigenvalue weighted by Gasteiger charge is -2.20. The Kier molecular flexibility index (Phi) is 6.92. The van der Waals surface area contributed by atoms with Crippen LogP contribution >= 0.6 is 11.6 Å². The van der Waals surface area contributed by atoms with Gasteiger partial charge in [0, 0.05) is 16.6 Å². The third-order valence-corrected chi connectivity index (χ3v) is 4.57. The van der Waals surface area contributed by atoms with E-state index in [0.29, 0.717) is 17.9 Å². The zero-order valence-corrected chi connectivity index (χ0v) is 16.5. The first-order valence-corrected chi connectivity index (χ1v) is 9.21. The summed E-state index contributed by atoms with van der Waals surface area (Å²) >= 11 is 5.78. The van der Waals surface area contributed by atoms with Gasteiger partial charge in [-0.1, -0.05) is 38.4 Å². The average molecular weight is 402 g/mol. The van der Waals surface area contributed by atoms with Gasteiger partial charge in [-0.3, -0.25) is 0 Å². The second kappa shape index (κ2) is 8.78. The van der Waals surface area contributed by atoms with Gasteiger partial charge in [0.25, 0.3) is 0 Å². The molecular weight excluding hydrogens is 379 g/mol. The Bertz CT molecular complexity index is 792. The molecule has 0 saturated heterocycles. The highest BCUT2D eigenvalue weighted by Gasteiger charge is 2.35. The van der Waals surface area contributed by atoms with Crippen LogP contribution in [0.25, 0.3) is 11.3 Å². The predicted octanol–water partition coefficient (Wildman–Crippen LogP) is 5.99. The summed E-state index contributed by atoms with van der Waals surface area (Å²) in [5.41, 5.74) is -0.348. The lowest BCUT2D eigenvalue weighted by atomic mass is 10.0. The fourth-order valence-electron chi connectivity index (χ4n) is 2.78. The highest BCUT2D eigenvalue weighted by molar-refractivity contribution is 6.30. The van der Waals surface area contributed by atoms with Gasteiger partial charge in [-0.05, 0) is 31.4 Å². The van der Waals surface area contributed by atoms with Crippen LogP contribution in [0.2, 0.25) is 5.02 Å². The maximum absolute atomic E-state index is 13.5. The van der Waals surface area contributed by atoms with Gasteiger partial charge >= 0.3 is 6.18 Å². The Morgan fingerprint density at radius 2 is 1.81 bits per heavy atom. The molecule has 8 heteroatoms. The van der Waals surface area contributed by atoms with Crippen LogP contribution in [0.3, 0.4) is 0 Å². The quantitative estimate of drug-likeness (QED) is 0.619. The van der Waals surface area contributed by atoms with Crippen molar-refractivity contribution in [1.82, 2.24) is 9.97 Å². The molecule has 0 spiro atoms. The number of rotatable bonds is 7. The molecular formula is C19H23ClF3N3O. The monoisotopic (exact) mass is 401 g/mol. The molecule has 2 rings (SSSR count). The third kappa shape index (κ3) is 4.83. The van der Waals surface area contributed by atoms with E-state index in [1.807, 2.05) is 6.92 Å². The lowest BCUT2D eigenvalue weighted by Crippen LogP contribution is -2.20. The van der Waals surface area contributed by atoms with Crippen molar-refractivity contribution in [2.45, 2.75) is 52.3 Å². The molecule has 0 atom stereocenters. The van der Waals surface area contributed by atoms with Crippen LogP contribution in [0.15, 0.2) is 18.2 Å². The van der Waals surface area contributed by atoms with Crippen molar-refractivity contribution in [2.75, 3.05) is 12.4 Å². The van der Waals surface area contributed by atoms with Gasteiger partial charge in [-0.15, -0.1) is 0 Å². The van der Waals surface area contributed by atoms with Gasteiger partial charge in [0.05, 0.1) is 18.4 Å². The Balaban J connectivity index is 2.65. The number of hydrogen-bond donors (Lipinski definition) is 1. The molecule has 1 heterocycles. The molecule has 0 aliphatic carbocycles. The van der Waals surface area contributed by atoms with Gasteiger partial charge in [-0.25, -0.2) is 4.98 Å². The summed E-state index contributed by atoms with van der Waals surface area (Å²) in [6.07, 6.45) is -2.28.